The van der Waals surface area contributed by atoms with E-state index in [1.807, 2.05) is 0 Å². The zero-order valence-corrected chi connectivity index (χ0v) is 11.9. The summed E-state index contributed by atoms with van der Waals surface area (Å²) in [5.74, 6) is -0.155. The normalized spacial score (nSPS) is 38.3. The van der Waals surface area contributed by atoms with E-state index < -0.39 is 5.97 Å². The van der Waals surface area contributed by atoms with Crippen LogP contribution < -0.4 is 5.32 Å². The summed E-state index contributed by atoms with van der Waals surface area (Å²) >= 11 is 0. The van der Waals surface area contributed by atoms with Gasteiger partial charge in [-0.3, -0.25) is 14.5 Å². The van der Waals surface area contributed by atoms with Gasteiger partial charge in [0.25, 0.3) is 0 Å². The highest BCUT2D eigenvalue weighted by atomic mass is 16.4. The van der Waals surface area contributed by atoms with Crippen LogP contribution in [0, 0.1) is 5.92 Å². The van der Waals surface area contributed by atoms with Crippen LogP contribution in [0.2, 0.25) is 0 Å². The van der Waals surface area contributed by atoms with Gasteiger partial charge in [-0.2, -0.15) is 0 Å². The molecule has 3 atom stereocenters. The monoisotopic (exact) mass is 280 g/mol. The first-order valence-electron chi connectivity index (χ1n) is 7.89. The molecule has 3 fully saturated rings. The summed E-state index contributed by atoms with van der Waals surface area (Å²) in [6.45, 7) is 0.806. The molecule has 2 N–H and O–H groups in total. The summed E-state index contributed by atoms with van der Waals surface area (Å²) in [5.41, 5.74) is 0. The molecule has 3 heterocycles. The van der Waals surface area contributed by atoms with Crippen LogP contribution in [0.25, 0.3) is 0 Å². The molecule has 20 heavy (non-hydrogen) atoms. The van der Waals surface area contributed by atoms with Gasteiger partial charge in [-0.05, 0) is 44.4 Å². The van der Waals surface area contributed by atoms with Gasteiger partial charge in [0.15, 0.2) is 0 Å². The number of carboxylic acid groups (broad SMARTS) is 1. The molecule has 1 amide bonds. The Kier molecular flexibility index (Phi) is 3.96. The predicted molar refractivity (Wildman–Crippen MR) is 74.3 cm³/mol. The Balaban J connectivity index is 1.67. The third-order valence-electron chi connectivity index (χ3n) is 5.23. The van der Waals surface area contributed by atoms with E-state index >= 15 is 0 Å². The summed E-state index contributed by atoms with van der Waals surface area (Å²) in [5, 5.41) is 11.9. The molecule has 5 heteroatoms. The van der Waals surface area contributed by atoms with Crippen molar-refractivity contribution < 1.29 is 14.7 Å². The molecule has 0 radical (unpaired) electrons. The van der Waals surface area contributed by atoms with Crippen LogP contribution in [0.3, 0.4) is 0 Å². The van der Waals surface area contributed by atoms with E-state index in [0.717, 1.165) is 32.2 Å². The lowest BCUT2D eigenvalue weighted by molar-refractivity contribution is -0.138. The Hall–Kier alpha value is -1.10. The minimum atomic E-state index is -0.670. The highest BCUT2D eigenvalue weighted by Gasteiger charge is 2.44. The Morgan fingerprint density at radius 3 is 2.55 bits per heavy atom. The molecule has 0 saturated carbocycles. The number of hydrogen-bond donors (Lipinski definition) is 2. The molecule has 3 aliphatic rings. The average molecular weight is 280 g/mol. The standard InChI is InChI=1S/C15H24N2O3/c18-14-9-11(2-1-5-16-14)17-12-3-4-13(17)7-10(6-12)8-15(19)20/h10-13H,1-9H2,(H,16,18)(H,19,20). The van der Waals surface area contributed by atoms with E-state index in [1.54, 1.807) is 0 Å². The van der Waals surface area contributed by atoms with Crippen molar-refractivity contribution in [2.75, 3.05) is 6.54 Å². The maximum absolute atomic E-state index is 11.8. The summed E-state index contributed by atoms with van der Waals surface area (Å²) in [7, 11) is 0. The fourth-order valence-electron chi connectivity index (χ4n) is 4.54. The summed E-state index contributed by atoms with van der Waals surface area (Å²) in [4.78, 5) is 25.2. The Morgan fingerprint density at radius 1 is 1.20 bits per heavy atom. The van der Waals surface area contributed by atoms with Gasteiger partial charge in [-0.25, -0.2) is 0 Å². The van der Waals surface area contributed by atoms with Crippen molar-refractivity contribution in [3.05, 3.63) is 0 Å². The van der Waals surface area contributed by atoms with E-state index in [2.05, 4.69) is 10.2 Å². The van der Waals surface area contributed by atoms with Crippen LogP contribution in [0.15, 0.2) is 0 Å². The number of carboxylic acids is 1. The number of nitrogens with one attached hydrogen (secondary N) is 1. The lowest BCUT2D eigenvalue weighted by Crippen LogP contribution is -2.49. The minimum Gasteiger partial charge on any atom is -0.481 e. The van der Waals surface area contributed by atoms with Crippen LogP contribution >= 0.6 is 0 Å². The number of carbonyl (C=O) groups excluding carboxylic acids is 1. The van der Waals surface area contributed by atoms with Gasteiger partial charge in [0.2, 0.25) is 5.91 Å². The number of carbonyl (C=O) groups is 2. The number of aliphatic carboxylic acids is 1. The second-order valence-electron chi connectivity index (χ2n) is 6.62. The zero-order chi connectivity index (χ0) is 14.1. The van der Waals surface area contributed by atoms with Gasteiger partial charge in [-0.1, -0.05) is 0 Å². The maximum Gasteiger partial charge on any atom is 0.303 e. The quantitative estimate of drug-likeness (QED) is 0.819. The smallest absolute Gasteiger partial charge is 0.303 e. The van der Waals surface area contributed by atoms with Crippen molar-refractivity contribution in [2.45, 2.75) is 69.5 Å². The fraction of sp³-hybridized carbons (Fsp3) is 0.867. The Labute approximate surface area is 119 Å². The molecule has 3 aliphatic heterocycles. The molecule has 5 nitrogen and oxygen atoms in total. The first-order chi connectivity index (χ1) is 9.63. The SMILES string of the molecule is O=C(O)CC1CC2CCC(C1)N2C1CCCNC(=O)C1. The molecule has 0 aromatic rings. The van der Waals surface area contributed by atoms with Crippen molar-refractivity contribution in [2.24, 2.45) is 5.92 Å². The van der Waals surface area contributed by atoms with E-state index in [0.29, 0.717) is 36.9 Å². The highest BCUT2D eigenvalue weighted by molar-refractivity contribution is 5.76. The molecule has 0 aromatic carbocycles. The van der Waals surface area contributed by atoms with Gasteiger partial charge >= 0.3 is 5.97 Å². The molecular formula is C15H24N2O3. The Morgan fingerprint density at radius 2 is 1.90 bits per heavy atom. The lowest BCUT2D eigenvalue weighted by Gasteiger charge is -2.43. The fourth-order valence-corrected chi connectivity index (χ4v) is 4.54. The van der Waals surface area contributed by atoms with E-state index in [-0.39, 0.29) is 5.91 Å². The van der Waals surface area contributed by atoms with Crippen LogP contribution in [-0.2, 0) is 9.59 Å². The maximum atomic E-state index is 11.8. The van der Waals surface area contributed by atoms with Crippen LogP contribution in [0.5, 0.6) is 0 Å². The number of rotatable bonds is 3. The van der Waals surface area contributed by atoms with Crippen molar-refractivity contribution >= 4 is 11.9 Å². The van der Waals surface area contributed by atoms with Gasteiger partial charge in [0.05, 0.1) is 0 Å². The van der Waals surface area contributed by atoms with Gasteiger partial charge in [0, 0.05) is 37.5 Å². The van der Waals surface area contributed by atoms with E-state index in [9.17, 15) is 9.59 Å². The second-order valence-corrected chi connectivity index (χ2v) is 6.62. The molecule has 0 spiro atoms. The molecule has 112 valence electrons. The lowest BCUT2D eigenvalue weighted by atomic mass is 9.86. The molecule has 0 aromatic heterocycles. The zero-order valence-electron chi connectivity index (χ0n) is 11.9. The molecule has 2 bridgehead atoms. The summed E-state index contributed by atoms with van der Waals surface area (Å²) in [6.07, 6.45) is 7.45. The number of piperidine rings is 1. The van der Waals surface area contributed by atoms with Gasteiger partial charge in [-0.15, -0.1) is 0 Å². The van der Waals surface area contributed by atoms with Crippen molar-refractivity contribution in [1.82, 2.24) is 10.2 Å². The van der Waals surface area contributed by atoms with Gasteiger partial charge in [0.1, 0.15) is 0 Å². The van der Waals surface area contributed by atoms with Crippen molar-refractivity contribution in [1.29, 1.82) is 0 Å². The number of nitrogens with zero attached hydrogens (tertiary/aromatic N) is 1. The molecule has 3 unspecified atom stereocenters. The molecule has 3 saturated heterocycles. The largest absolute Gasteiger partial charge is 0.481 e. The molecular weight excluding hydrogens is 256 g/mol. The van der Waals surface area contributed by atoms with Gasteiger partial charge < -0.3 is 10.4 Å². The van der Waals surface area contributed by atoms with E-state index in [4.69, 9.17) is 5.11 Å². The molecule has 3 rings (SSSR count). The first-order valence-corrected chi connectivity index (χ1v) is 7.89. The third kappa shape index (κ3) is 2.82. The summed E-state index contributed by atoms with van der Waals surface area (Å²) < 4.78 is 0. The number of fused-ring (bicyclic) bond motifs is 2. The average Bonchev–Trinajstić information content (AvgIpc) is 2.56. The molecule has 0 aliphatic carbocycles. The minimum absolute atomic E-state index is 0.180. The highest BCUT2D eigenvalue weighted by Crippen LogP contribution is 2.42. The number of hydrogen-bond acceptors (Lipinski definition) is 3. The van der Waals surface area contributed by atoms with Crippen LogP contribution in [0.1, 0.15) is 51.4 Å². The van der Waals surface area contributed by atoms with E-state index in [1.165, 1.54) is 12.8 Å². The van der Waals surface area contributed by atoms with Crippen LogP contribution in [0.4, 0.5) is 0 Å². The van der Waals surface area contributed by atoms with Crippen LogP contribution in [-0.4, -0.2) is 46.6 Å². The third-order valence-corrected chi connectivity index (χ3v) is 5.23. The summed E-state index contributed by atoms with van der Waals surface area (Å²) in [6, 6.07) is 1.39. The topological polar surface area (TPSA) is 69.6 Å². The number of amides is 1. The van der Waals surface area contributed by atoms with Crippen molar-refractivity contribution in [3.8, 4) is 0 Å². The van der Waals surface area contributed by atoms with Crippen molar-refractivity contribution in [3.63, 3.8) is 0 Å². The first kappa shape index (κ1) is 13.9. The predicted octanol–water partition coefficient (Wildman–Crippen LogP) is 1.37. The second kappa shape index (κ2) is 5.72. The Bertz CT molecular complexity index is 385.